The Bertz CT molecular complexity index is 378. The molecule has 0 amide bonds. The van der Waals surface area contributed by atoms with Gasteiger partial charge in [0.1, 0.15) is 0 Å². The Morgan fingerprint density at radius 3 is 1.54 bits per heavy atom. The van der Waals surface area contributed by atoms with E-state index in [1.807, 2.05) is 0 Å². The van der Waals surface area contributed by atoms with Crippen molar-refractivity contribution in [3.8, 4) is 0 Å². The zero-order chi connectivity index (χ0) is 20.3. The van der Waals surface area contributed by atoms with Gasteiger partial charge in [0, 0.05) is 0 Å². The van der Waals surface area contributed by atoms with Crippen LogP contribution in [0.1, 0.15) is 110 Å². The minimum Gasteiger partial charge on any atom is -0.548 e. The molecule has 0 fully saturated rings. The van der Waals surface area contributed by atoms with Gasteiger partial charge in [-0.05, 0) is 18.9 Å². The third kappa shape index (κ3) is 22.8. The van der Waals surface area contributed by atoms with Crippen LogP contribution in [0.2, 0.25) is 0 Å². The zero-order valence-electron chi connectivity index (χ0n) is 18.6. The van der Waals surface area contributed by atoms with E-state index < -0.39 is 24.4 Å². The summed E-state index contributed by atoms with van der Waals surface area (Å²) in [5.41, 5.74) is 0. The van der Waals surface area contributed by atoms with Crippen molar-refractivity contribution in [3.63, 3.8) is 0 Å². The first-order valence-electron chi connectivity index (χ1n) is 11.1. The molecule has 5 nitrogen and oxygen atoms in total. The molecule has 0 spiro atoms. The van der Waals surface area contributed by atoms with Crippen LogP contribution in [0, 0.1) is 5.92 Å². The molecular formula is C22H42KNO4. The SMILES string of the molecule is CC(C)CCCCCCCCCCCCCCCN[C@@H](CC(=O)O)C(=O)[O-].[K+]. The molecule has 0 saturated heterocycles. The molecule has 0 aliphatic carbocycles. The number of carbonyl (C=O) groups excluding carboxylic acids is 1. The van der Waals surface area contributed by atoms with Crippen molar-refractivity contribution in [2.24, 2.45) is 5.92 Å². The molecule has 0 heterocycles. The van der Waals surface area contributed by atoms with Gasteiger partial charge >= 0.3 is 57.4 Å². The van der Waals surface area contributed by atoms with E-state index in [1.165, 1.54) is 70.6 Å². The number of aliphatic carboxylic acids is 2. The topological polar surface area (TPSA) is 89.5 Å². The monoisotopic (exact) mass is 423 g/mol. The molecule has 160 valence electrons. The average Bonchev–Trinajstić information content (AvgIpc) is 2.59. The van der Waals surface area contributed by atoms with Crippen LogP contribution < -0.4 is 61.8 Å². The largest absolute Gasteiger partial charge is 1.00 e. The molecular weight excluding hydrogens is 381 g/mol. The van der Waals surface area contributed by atoms with Gasteiger partial charge in [-0.1, -0.05) is 97.3 Å². The minimum atomic E-state index is -1.34. The Hall–Kier alpha value is 0.536. The van der Waals surface area contributed by atoms with Crippen LogP contribution >= 0.6 is 0 Å². The van der Waals surface area contributed by atoms with E-state index in [9.17, 15) is 14.7 Å². The molecule has 0 radical (unpaired) electrons. The molecule has 0 bridgehead atoms. The van der Waals surface area contributed by atoms with Gasteiger partial charge in [0.2, 0.25) is 0 Å². The maximum absolute atomic E-state index is 10.8. The first-order chi connectivity index (χ1) is 12.9. The van der Waals surface area contributed by atoms with E-state index in [2.05, 4.69) is 19.2 Å². The van der Waals surface area contributed by atoms with Crippen molar-refractivity contribution in [2.45, 2.75) is 116 Å². The van der Waals surface area contributed by atoms with Crippen molar-refractivity contribution in [3.05, 3.63) is 0 Å². The fourth-order valence-corrected chi connectivity index (χ4v) is 3.31. The molecule has 0 rings (SSSR count). The maximum atomic E-state index is 10.8. The van der Waals surface area contributed by atoms with Gasteiger partial charge in [0.15, 0.2) is 0 Å². The predicted octanol–water partition coefficient (Wildman–Crippen LogP) is 1.29. The molecule has 0 unspecified atom stereocenters. The summed E-state index contributed by atoms with van der Waals surface area (Å²) in [6, 6.07) is -1.09. The minimum absolute atomic E-state index is 0. The third-order valence-electron chi connectivity index (χ3n) is 5.01. The summed E-state index contributed by atoms with van der Waals surface area (Å²) in [6.07, 6.45) is 17.5. The molecule has 1 atom stereocenters. The molecule has 0 aliphatic rings. The molecule has 6 heteroatoms. The van der Waals surface area contributed by atoms with E-state index in [1.54, 1.807) is 0 Å². The number of hydrogen-bond acceptors (Lipinski definition) is 4. The average molecular weight is 424 g/mol. The Morgan fingerprint density at radius 1 is 0.786 bits per heavy atom. The van der Waals surface area contributed by atoms with Gasteiger partial charge in [-0.3, -0.25) is 4.79 Å². The summed E-state index contributed by atoms with van der Waals surface area (Å²) in [6.45, 7) is 5.13. The second kappa shape index (κ2) is 22.2. The van der Waals surface area contributed by atoms with Gasteiger partial charge in [-0.25, -0.2) is 0 Å². The first-order valence-corrected chi connectivity index (χ1v) is 11.1. The normalized spacial score (nSPS) is 12.0. The van der Waals surface area contributed by atoms with Gasteiger partial charge in [-0.15, -0.1) is 0 Å². The predicted molar refractivity (Wildman–Crippen MR) is 109 cm³/mol. The summed E-state index contributed by atoms with van der Waals surface area (Å²) in [7, 11) is 0. The maximum Gasteiger partial charge on any atom is 1.00 e. The Balaban J connectivity index is 0. The molecule has 0 aromatic heterocycles. The molecule has 2 N–H and O–H groups in total. The van der Waals surface area contributed by atoms with E-state index in [4.69, 9.17) is 5.11 Å². The van der Waals surface area contributed by atoms with Crippen molar-refractivity contribution >= 4 is 11.9 Å². The van der Waals surface area contributed by atoms with Crippen molar-refractivity contribution in [1.82, 2.24) is 5.32 Å². The van der Waals surface area contributed by atoms with Crippen LogP contribution in [-0.4, -0.2) is 29.6 Å². The first kappa shape index (κ1) is 30.7. The summed E-state index contributed by atoms with van der Waals surface area (Å²) in [5.74, 6) is -1.62. The second-order valence-corrected chi connectivity index (χ2v) is 8.20. The number of unbranched alkanes of at least 4 members (excludes halogenated alkanes) is 12. The van der Waals surface area contributed by atoms with E-state index in [-0.39, 0.29) is 51.4 Å². The van der Waals surface area contributed by atoms with Crippen LogP contribution in [0.25, 0.3) is 0 Å². The Labute approximate surface area is 215 Å². The quantitative estimate of drug-likeness (QED) is 0.227. The molecule has 0 aromatic carbocycles. The zero-order valence-corrected chi connectivity index (χ0v) is 21.8. The molecule has 0 saturated carbocycles. The van der Waals surface area contributed by atoms with Crippen LogP contribution in [0.3, 0.4) is 0 Å². The van der Waals surface area contributed by atoms with E-state index in [0.717, 1.165) is 25.2 Å². The molecule has 28 heavy (non-hydrogen) atoms. The summed E-state index contributed by atoms with van der Waals surface area (Å²) in [5, 5.41) is 22.2. The van der Waals surface area contributed by atoms with Crippen molar-refractivity contribution < 1.29 is 71.2 Å². The summed E-state index contributed by atoms with van der Waals surface area (Å²) >= 11 is 0. The Kier molecular flexibility index (Phi) is 24.4. The Morgan fingerprint density at radius 2 is 1.18 bits per heavy atom. The van der Waals surface area contributed by atoms with Crippen LogP contribution in [-0.2, 0) is 9.59 Å². The van der Waals surface area contributed by atoms with Crippen molar-refractivity contribution in [2.75, 3.05) is 6.54 Å². The summed E-state index contributed by atoms with van der Waals surface area (Å²) in [4.78, 5) is 21.4. The summed E-state index contributed by atoms with van der Waals surface area (Å²) < 4.78 is 0. The van der Waals surface area contributed by atoms with Gasteiger partial charge in [0.05, 0.1) is 18.4 Å². The third-order valence-corrected chi connectivity index (χ3v) is 5.01. The number of nitrogens with one attached hydrogen (secondary N) is 1. The van der Waals surface area contributed by atoms with Gasteiger partial charge < -0.3 is 20.3 Å². The number of hydrogen-bond donors (Lipinski definition) is 2. The standard InChI is InChI=1S/C22H43NO4.K/c1-19(2)16-14-12-10-8-6-4-3-5-7-9-11-13-15-17-23-20(22(26)27)18-21(24)25;/h19-20,23H,3-18H2,1-2H3,(H,24,25)(H,26,27);/q;+1/p-1/t20-;/m0./s1. The number of carboxylic acids is 2. The number of carboxylic acid groups (broad SMARTS) is 2. The molecule has 0 aliphatic heterocycles. The van der Waals surface area contributed by atoms with Crippen molar-refractivity contribution in [1.29, 1.82) is 0 Å². The van der Waals surface area contributed by atoms with Gasteiger partial charge in [0.25, 0.3) is 0 Å². The van der Waals surface area contributed by atoms with Crippen LogP contribution in [0.4, 0.5) is 0 Å². The fourth-order valence-electron chi connectivity index (χ4n) is 3.31. The van der Waals surface area contributed by atoms with Gasteiger partial charge in [-0.2, -0.15) is 0 Å². The van der Waals surface area contributed by atoms with Crippen LogP contribution in [0.15, 0.2) is 0 Å². The smallest absolute Gasteiger partial charge is 0.548 e. The number of rotatable bonds is 20. The van der Waals surface area contributed by atoms with Crippen LogP contribution in [0.5, 0.6) is 0 Å². The van der Waals surface area contributed by atoms with E-state index in [0.29, 0.717) is 6.54 Å². The second-order valence-electron chi connectivity index (χ2n) is 8.20. The molecule has 0 aromatic rings. The number of carbonyl (C=O) groups is 2. The fraction of sp³-hybridized carbons (Fsp3) is 0.909. The van der Waals surface area contributed by atoms with E-state index >= 15 is 0 Å².